The molecule has 4 saturated heterocycles. The second kappa shape index (κ2) is 12.0. The van der Waals surface area contributed by atoms with Gasteiger partial charge in [-0.2, -0.15) is 9.97 Å². The Hall–Kier alpha value is -4.63. The molecule has 4 atom stereocenters. The van der Waals surface area contributed by atoms with Gasteiger partial charge in [0.1, 0.15) is 41.2 Å². The van der Waals surface area contributed by atoms with Crippen LogP contribution in [0.2, 0.25) is 0 Å². The molecular formula is C38H39F3N6O3. The molecule has 0 spiro atoms. The number of piperazine rings is 1. The summed E-state index contributed by atoms with van der Waals surface area (Å²) in [6.07, 6.45) is 9.66. The van der Waals surface area contributed by atoms with E-state index in [1.807, 2.05) is 30.6 Å². The minimum atomic E-state index is -0.937. The normalized spacial score (nSPS) is 24.9. The molecule has 260 valence electrons. The quantitative estimate of drug-likeness (QED) is 0.216. The highest BCUT2D eigenvalue weighted by atomic mass is 19.1. The van der Waals surface area contributed by atoms with Gasteiger partial charge in [0.05, 0.1) is 28.6 Å². The van der Waals surface area contributed by atoms with Gasteiger partial charge in [0.15, 0.2) is 5.82 Å². The summed E-state index contributed by atoms with van der Waals surface area (Å²) in [6, 6.07) is 7.80. The Morgan fingerprint density at radius 3 is 2.62 bits per heavy atom. The molecule has 4 unspecified atom stereocenters. The maximum absolute atomic E-state index is 16.9. The Bertz CT molecular complexity index is 2050. The minimum Gasteiger partial charge on any atom is -0.461 e. The van der Waals surface area contributed by atoms with Crippen molar-refractivity contribution in [3.63, 3.8) is 0 Å². The molecule has 1 amide bonds. The van der Waals surface area contributed by atoms with Gasteiger partial charge in [-0.05, 0) is 64.5 Å². The lowest BCUT2D eigenvalue weighted by atomic mass is 9.95. The SMILES string of the molecule is C#Cc1c(F)ccc2cccc(-c3ncc4c(N5CC6CCC(C5)N6C(=O)OC(C)(C)C)nc(OCC56CCCN5CC(F)C6)nc4c3F)c12. The fourth-order valence-electron chi connectivity index (χ4n) is 8.54. The molecule has 12 heteroatoms. The molecule has 9 nitrogen and oxygen atoms in total. The van der Waals surface area contributed by atoms with Crippen LogP contribution in [0.25, 0.3) is 32.9 Å². The van der Waals surface area contributed by atoms with E-state index in [1.165, 1.54) is 12.3 Å². The number of hydrogen-bond acceptors (Lipinski definition) is 8. The Morgan fingerprint density at radius 2 is 1.88 bits per heavy atom. The zero-order valence-electron chi connectivity index (χ0n) is 28.4. The van der Waals surface area contributed by atoms with Crippen LogP contribution in [0.4, 0.5) is 23.8 Å². The Kier molecular flexibility index (Phi) is 7.82. The standard InChI is InChI=1S/C38H39F3N6O3/c1-5-26-29(40)13-10-22-8-6-9-27(30(22)26)32-31(41)33-28(17-42-32)34(44-35(43-33)49-21-38-14-7-15-46(38)18-23(39)16-38)45-19-24-11-12-25(20-45)47(24)36(48)50-37(2,3)4/h1,6,8-10,13,17,23-25H,7,11-12,14-16,18-21H2,2-4H3. The fourth-order valence-corrected chi connectivity index (χ4v) is 8.54. The van der Waals surface area contributed by atoms with E-state index in [0.29, 0.717) is 53.6 Å². The van der Waals surface area contributed by atoms with Crippen LogP contribution in [-0.2, 0) is 4.74 Å². The van der Waals surface area contributed by atoms with Crippen LogP contribution in [0.15, 0.2) is 36.5 Å². The van der Waals surface area contributed by atoms with E-state index < -0.39 is 28.9 Å². The number of benzene rings is 2. The van der Waals surface area contributed by atoms with Crippen LogP contribution >= 0.6 is 0 Å². The number of terminal acetylenes is 1. The molecule has 50 heavy (non-hydrogen) atoms. The van der Waals surface area contributed by atoms with Gasteiger partial charge in [-0.3, -0.25) is 14.8 Å². The van der Waals surface area contributed by atoms with E-state index in [9.17, 15) is 13.6 Å². The third-order valence-electron chi connectivity index (χ3n) is 10.7. The summed E-state index contributed by atoms with van der Waals surface area (Å²) in [5.41, 5.74) is -0.780. The van der Waals surface area contributed by atoms with Gasteiger partial charge >= 0.3 is 12.1 Å². The van der Waals surface area contributed by atoms with E-state index in [2.05, 4.69) is 20.8 Å². The summed E-state index contributed by atoms with van der Waals surface area (Å²) >= 11 is 0. The van der Waals surface area contributed by atoms with Crippen molar-refractivity contribution in [1.82, 2.24) is 24.8 Å². The zero-order valence-corrected chi connectivity index (χ0v) is 28.4. The van der Waals surface area contributed by atoms with Crippen LogP contribution in [0.1, 0.15) is 58.4 Å². The predicted molar refractivity (Wildman–Crippen MR) is 184 cm³/mol. The number of anilines is 1. The molecule has 8 rings (SSSR count). The molecule has 0 N–H and O–H groups in total. The predicted octanol–water partition coefficient (Wildman–Crippen LogP) is 6.65. The molecule has 4 aromatic rings. The average molecular weight is 685 g/mol. The number of alkyl halides is 1. The molecule has 2 bridgehead atoms. The zero-order chi connectivity index (χ0) is 34.9. The lowest BCUT2D eigenvalue weighted by Crippen LogP contribution is -2.57. The van der Waals surface area contributed by atoms with Crippen molar-refractivity contribution in [3.05, 3.63) is 53.7 Å². The van der Waals surface area contributed by atoms with E-state index >= 15 is 4.39 Å². The summed E-state index contributed by atoms with van der Waals surface area (Å²) in [5, 5.41) is 1.40. The highest BCUT2D eigenvalue weighted by Gasteiger charge is 2.50. The van der Waals surface area contributed by atoms with Crippen molar-refractivity contribution >= 4 is 33.6 Å². The molecule has 2 aromatic heterocycles. The molecule has 0 saturated carbocycles. The second-order valence-electron chi connectivity index (χ2n) is 15.0. The van der Waals surface area contributed by atoms with Crippen molar-refractivity contribution in [2.24, 2.45) is 0 Å². The number of carbonyl (C=O) groups is 1. The van der Waals surface area contributed by atoms with Crippen molar-refractivity contribution in [1.29, 1.82) is 0 Å². The first kappa shape index (κ1) is 32.6. The van der Waals surface area contributed by atoms with Gasteiger partial charge in [0.2, 0.25) is 0 Å². The average Bonchev–Trinajstić information content (AvgIpc) is 3.69. The van der Waals surface area contributed by atoms with Crippen LogP contribution in [0.5, 0.6) is 6.01 Å². The third-order valence-corrected chi connectivity index (χ3v) is 10.7. The van der Waals surface area contributed by atoms with Crippen LogP contribution < -0.4 is 9.64 Å². The van der Waals surface area contributed by atoms with Crippen molar-refractivity contribution in [2.75, 3.05) is 37.7 Å². The number of amides is 1. The monoisotopic (exact) mass is 684 g/mol. The first-order valence-corrected chi connectivity index (χ1v) is 17.3. The molecule has 0 aliphatic carbocycles. The van der Waals surface area contributed by atoms with Gasteiger partial charge < -0.3 is 14.4 Å². The number of nitrogens with zero attached hydrogens (tertiary/aromatic N) is 6. The van der Waals surface area contributed by atoms with Gasteiger partial charge in [-0.1, -0.05) is 30.2 Å². The van der Waals surface area contributed by atoms with Crippen molar-refractivity contribution < 1.29 is 27.4 Å². The number of pyridine rings is 1. The molecule has 4 aliphatic rings. The van der Waals surface area contributed by atoms with E-state index in [0.717, 1.165) is 32.2 Å². The highest BCUT2D eigenvalue weighted by Crippen LogP contribution is 2.42. The Balaban J connectivity index is 1.22. The van der Waals surface area contributed by atoms with Crippen molar-refractivity contribution in [3.8, 4) is 29.6 Å². The second-order valence-corrected chi connectivity index (χ2v) is 15.0. The fraction of sp³-hybridized carbons (Fsp3) is 0.474. The number of fused-ring (bicyclic) bond motifs is 5. The number of hydrogen-bond donors (Lipinski definition) is 0. The minimum absolute atomic E-state index is 0.0110. The molecule has 4 fully saturated rings. The van der Waals surface area contributed by atoms with Crippen LogP contribution in [0, 0.1) is 24.0 Å². The summed E-state index contributed by atoms with van der Waals surface area (Å²) in [7, 11) is 0. The molecular weight excluding hydrogens is 645 g/mol. The molecule has 4 aliphatic heterocycles. The van der Waals surface area contributed by atoms with Crippen molar-refractivity contribution in [2.45, 2.75) is 82.3 Å². The lowest BCUT2D eigenvalue weighted by molar-refractivity contribution is 0.0122. The Labute approximate surface area is 288 Å². The first-order chi connectivity index (χ1) is 23.9. The molecule has 6 heterocycles. The Morgan fingerprint density at radius 1 is 1.10 bits per heavy atom. The number of rotatable bonds is 5. The topological polar surface area (TPSA) is 83.9 Å². The number of carbonyl (C=O) groups excluding carboxylic acids is 1. The van der Waals surface area contributed by atoms with E-state index in [1.54, 1.807) is 24.3 Å². The smallest absolute Gasteiger partial charge is 0.410 e. The maximum atomic E-state index is 16.9. The summed E-state index contributed by atoms with van der Waals surface area (Å²) < 4.78 is 58.4. The van der Waals surface area contributed by atoms with E-state index in [-0.39, 0.29) is 47.6 Å². The summed E-state index contributed by atoms with van der Waals surface area (Å²) in [6.45, 7) is 7.77. The molecule has 2 aromatic carbocycles. The number of aromatic nitrogens is 3. The van der Waals surface area contributed by atoms with E-state index in [4.69, 9.17) is 20.9 Å². The number of halogens is 3. The first-order valence-electron chi connectivity index (χ1n) is 17.3. The third kappa shape index (κ3) is 5.46. The van der Waals surface area contributed by atoms with Gasteiger partial charge in [0.25, 0.3) is 0 Å². The highest BCUT2D eigenvalue weighted by molar-refractivity contribution is 6.02. The largest absolute Gasteiger partial charge is 0.461 e. The lowest BCUT2D eigenvalue weighted by Gasteiger charge is -2.42. The van der Waals surface area contributed by atoms with Crippen LogP contribution in [-0.4, -0.2) is 93.0 Å². The molecule has 0 radical (unpaired) electrons. The summed E-state index contributed by atoms with van der Waals surface area (Å²) in [4.78, 5) is 33.2. The van der Waals surface area contributed by atoms with Gasteiger partial charge in [-0.25, -0.2) is 18.0 Å². The van der Waals surface area contributed by atoms with Gasteiger partial charge in [-0.15, -0.1) is 6.42 Å². The maximum Gasteiger partial charge on any atom is 0.410 e. The summed E-state index contributed by atoms with van der Waals surface area (Å²) in [5.74, 6) is 1.55. The van der Waals surface area contributed by atoms with Gasteiger partial charge in [0, 0.05) is 43.2 Å². The number of ether oxygens (including phenoxy) is 2. The van der Waals surface area contributed by atoms with Crippen LogP contribution in [0.3, 0.4) is 0 Å².